The summed E-state index contributed by atoms with van der Waals surface area (Å²) < 4.78 is 5.05. The Morgan fingerprint density at radius 2 is 1.83 bits per heavy atom. The molecule has 2 N–H and O–H groups in total. The van der Waals surface area contributed by atoms with Crippen molar-refractivity contribution < 1.29 is 19.4 Å². The number of carboxylic acid groups (broad SMARTS) is 1. The summed E-state index contributed by atoms with van der Waals surface area (Å²) in [6.45, 7) is 7.52. The average molecular weight is 260 g/mol. The summed E-state index contributed by atoms with van der Waals surface area (Å²) in [6, 6.07) is -0.956. The Balaban J connectivity index is 4.54. The van der Waals surface area contributed by atoms with Crippen LogP contribution in [-0.4, -0.2) is 54.4 Å². The number of rotatable bonds is 5. The minimum Gasteiger partial charge on any atom is -0.480 e. The molecule has 106 valence electrons. The quantitative estimate of drug-likeness (QED) is 0.775. The lowest BCUT2D eigenvalue weighted by Gasteiger charge is -2.26. The fourth-order valence-corrected chi connectivity index (χ4v) is 1.56. The molecule has 2 atom stereocenters. The van der Waals surface area contributed by atoms with E-state index in [2.05, 4.69) is 5.32 Å². The maximum atomic E-state index is 11.6. The molecule has 0 fully saturated rings. The van der Waals surface area contributed by atoms with Crippen molar-refractivity contribution in [2.45, 2.75) is 39.3 Å². The highest BCUT2D eigenvalue weighted by atomic mass is 16.6. The van der Waals surface area contributed by atoms with Gasteiger partial charge in [0.05, 0.1) is 0 Å². The van der Waals surface area contributed by atoms with Gasteiger partial charge in [-0.2, -0.15) is 0 Å². The van der Waals surface area contributed by atoms with Crippen LogP contribution in [-0.2, 0) is 9.53 Å². The molecule has 0 rings (SSSR count). The van der Waals surface area contributed by atoms with Crippen LogP contribution in [0.4, 0.5) is 4.79 Å². The molecular formula is C12H24N2O4. The summed E-state index contributed by atoms with van der Waals surface area (Å²) in [7, 11) is 3.70. The van der Waals surface area contributed by atoms with Gasteiger partial charge in [0, 0.05) is 6.54 Å². The Morgan fingerprint density at radius 3 is 2.17 bits per heavy atom. The van der Waals surface area contributed by atoms with E-state index in [0.29, 0.717) is 6.54 Å². The van der Waals surface area contributed by atoms with Crippen molar-refractivity contribution in [3.05, 3.63) is 0 Å². The Labute approximate surface area is 108 Å². The summed E-state index contributed by atoms with van der Waals surface area (Å²) in [5.74, 6) is -1.28. The number of hydrogen-bond acceptors (Lipinski definition) is 4. The van der Waals surface area contributed by atoms with Crippen molar-refractivity contribution >= 4 is 12.1 Å². The maximum Gasteiger partial charge on any atom is 0.408 e. The predicted molar refractivity (Wildman–Crippen MR) is 68.5 cm³/mol. The van der Waals surface area contributed by atoms with Gasteiger partial charge in [0.25, 0.3) is 0 Å². The van der Waals surface area contributed by atoms with E-state index >= 15 is 0 Å². The van der Waals surface area contributed by atoms with Crippen LogP contribution >= 0.6 is 0 Å². The molecule has 0 aliphatic heterocycles. The molecule has 2 unspecified atom stereocenters. The zero-order valence-corrected chi connectivity index (χ0v) is 12.0. The molecule has 0 aromatic carbocycles. The summed E-state index contributed by atoms with van der Waals surface area (Å²) in [5.41, 5.74) is -0.641. The van der Waals surface area contributed by atoms with Crippen molar-refractivity contribution in [2.24, 2.45) is 5.92 Å². The molecule has 0 saturated heterocycles. The van der Waals surface area contributed by atoms with E-state index in [-0.39, 0.29) is 5.92 Å². The van der Waals surface area contributed by atoms with Crippen molar-refractivity contribution in [3.8, 4) is 0 Å². The second-order valence-electron chi connectivity index (χ2n) is 5.70. The van der Waals surface area contributed by atoms with Crippen LogP contribution in [0.5, 0.6) is 0 Å². The van der Waals surface area contributed by atoms with Crippen LogP contribution in [0.15, 0.2) is 0 Å². The number of alkyl carbamates (subject to hydrolysis) is 1. The van der Waals surface area contributed by atoms with Gasteiger partial charge in [0.15, 0.2) is 0 Å². The van der Waals surface area contributed by atoms with E-state index in [4.69, 9.17) is 9.84 Å². The second-order valence-corrected chi connectivity index (χ2v) is 5.70. The van der Waals surface area contributed by atoms with E-state index in [1.54, 1.807) is 27.7 Å². The lowest BCUT2D eigenvalue weighted by molar-refractivity contribution is -0.141. The minimum atomic E-state index is -1.06. The highest BCUT2D eigenvalue weighted by Crippen LogP contribution is 2.09. The molecule has 0 bridgehead atoms. The number of hydrogen-bond donors (Lipinski definition) is 2. The number of carbonyl (C=O) groups is 2. The molecule has 0 radical (unpaired) electrons. The Kier molecular flexibility index (Phi) is 6.11. The Morgan fingerprint density at radius 1 is 1.33 bits per heavy atom. The fourth-order valence-electron chi connectivity index (χ4n) is 1.56. The van der Waals surface area contributed by atoms with E-state index in [1.165, 1.54) is 0 Å². The van der Waals surface area contributed by atoms with Crippen molar-refractivity contribution in [3.63, 3.8) is 0 Å². The first-order valence-electron chi connectivity index (χ1n) is 5.90. The number of nitrogens with zero attached hydrogens (tertiary/aromatic N) is 1. The highest BCUT2D eigenvalue weighted by Gasteiger charge is 2.28. The van der Waals surface area contributed by atoms with Gasteiger partial charge in [-0.1, -0.05) is 6.92 Å². The van der Waals surface area contributed by atoms with Crippen LogP contribution in [0.3, 0.4) is 0 Å². The lowest BCUT2D eigenvalue weighted by Crippen LogP contribution is -2.49. The third kappa shape index (κ3) is 7.11. The highest BCUT2D eigenvalue weighted by molar-refractivity contribution is 5.80. The van der Waals surface area contributed by atoms with Crippen LogP contribution in [0, 0.1) is 5.92 Å². The Hall–Kier alpha value is -1.30. The molecule has 18 heavy (non-hydrogen) atoms. The van der Waals surface area contributed by atoms with Gasteiger partial charge in [-0.05, 0) is 40.8 Å². The number of ether oxygens (including phenoxy) is 1. The number of carboxylic acids is 1. The van der Waals surface area contributed by atoms with Gasteiger partial charge in [-0.15, -0.1) is 0 Å². The standard InChI is InChI=1S/C12H24N2O4/c1-8(7-14(5)6)9(10(15)16)13-11(17)18-12(2,3)4/h8-9H,7H2,1-6H3,(H,13,17)(H,15,16). The molecule has 0 heterocycles. The first-order chi connectivity index (χ1) is 8.03. The minimum absolute atomic E-state index is 0.218. The molecule has 6 heteroatoms. The predicted octanol–water partition coefficient (Wildman–Crippen LogP) is 1.16. The molecule has 0 aliphatic carbocycles. The van der Waals surface area contributed by atoms with E-state index < -0.39 is 23.7 Å². The molecular weight excluding hydrogens is 236 g/mol. The van der Waals surface area contributed by atoms with Crippen molar-refractivity contribution in [1.29, 1.82) is 0 Å². The third-order valence-electron chi connectivity index (χ3n) is 2.16. The molecule has 0 aliphatic rings. The summed E-state index contributed by atoms with van der Waals surface area (Å²) in [4.78, 5) is 24.6. The number of nitrogens with one attached hydrogen (secondary N) is 1. The monoisotopic (exact) mass is 260 g/mol. The lowest BCUT2D eigenvalue weighted by atomic mass is 10.0. The molecule has 6 nitrogen and oxygen atoms in total. The van der Waals surface area contributed by atoms with Crippen LogP contribution in [0.2, 0.25) is 0 Å². The topological polar surface area (TPSA) is 78.9 Å². The van der Waals surface area contributed by atoms with E-state index in [0.717, 1.165) is 0 Å². The van der Waals surface area contributed by atoms with Crippen LogP contribution in [0.25, 0.3) is 0 Å². The Bertz CT molecular complexity index is 297. The number of amides is 1. The van der Waals surface area contributed by atoms with E-state index in [1.807, 2.05) is 19.0 Å². The maximum absolute atomic E-state index is 11.6. The van der Waals surface area contributed by atoms with E-state index in [9.17, 15) is 9.59 Å². The fraction of sp³-hybridized carbons (Fsp3) is 0.833. The average Bonchev–Trinajstić information content (AvgIpc) is 2.09. The van der Waals surface area contributed by atoms with Gasteiger partial charge in [0.1, 0.15) is 11.6 Å². The number of carbonyl (C=O) groups excluding carboxylic acids is 1. The van der Waals surface area contributed by atoms with Gasteiger partial charge in [0.2, 0.25) is 0 Å². The summed E-state index contributed by atoms with van der Waals surface area (Å²) in [6.07, 6.45) is -0.708. The van der Waals surface area contributed by atoms with Crippen LogP contribution in [0.1, 0.15) is 27.7 Å². The van der Waals surface area contributed by atoms with Gasteiger partial charge in [-0.3, -0.25) is 0 Å². The molecule has 1 amide bonds. The first-order valence-corrected chi connectivity index (χ1v) is 5.90. The summed E-state index contributed by atoms with van der Waals surface area (Å²) in [5, 5.41) is 11.5. The number of aliphatic carboxylic acids is 1. The molecule has 0 aromatic rings. The van der Waals surface area contributed by atoms with Crippen LogP contribution < -0.4 is 5.32 Å². The van der Waals surface area contributed by atoms with Gasteiger partial charge in [-0.25, -0.2) is 9.59 Å². The largest absolute Gasteiger partial charge is 0.480 e. The first kappa shape index (κ1) is 16.7. The molecule has 0 aromatic heterocycles. The third-order valence-corrected chi connectivity index (χ3v) is 2.16. The second kappa shape index (κ2) is 6.58. The van der Waals surface area contributed by atoms with Crippen molar-refractivity contribution in [2.75, 3.05) is 20.6 Å². The van der Waals surface area contributed by atoms with Crippen molar-refractivity contribution in [1.82, 2.24) is 10.2 Å². The molecule has 0 spiro atoms. The smallest absolute Gasteiger partial charge is 0.408 e. The van der Waals surface area contributed by atoms with Gasteiger partial charge >= 0.3 is 12.1 Å². The van der Waals surface area contributed by atoms with Gasteiger partial charge < -0.3 is 20.1 Å². The zero-order chi connectivity index (χ0) is 14.5. The zero-order valence-electron chi connectivity index (χ0n) is 12.0. The summed E-state index contributed by atoms with van der Waals surface area (Å²) >= 11 is 0. The molecule has 0 saturated carbocycles. The SMILES string of the molecule is CC(CN(C)C)C(NC(=O)OC(C)(C)C)C(=O)O. The normalized spacial score (nSPS) is 15.1.